The van der Waals surface area contributed by atoms with Crippen LogP contribution in [0.1, 0.15) is 6.92 Å². The fourth-order valence-corrected chi connectivity index (χ4v) is 1.62. The van der Waals surface area contributed by atoms with Gasteiger partial charge in [-0.3, -0.25) is 4.68 Å². The average molecular weight is 230 g/mol. The highest BCUT2D eigenvalue weighted by Gasteiger charge is 2.13. The van der Waals surface area contributed by atoms with Gasteiger partial charge < -0.3 is 5.11 Å². The fraction of sp³-hybridized carbons (Fsp3) is 0.333. The lowest BCUT2D eigenvalue weighted by atomic mass is 10.3. The second kappa shape index (κ2) is 3.75. The molecule has 15 heavy (non-hydrogen) atoms. The molecule has 6 heteroatoms. The van der Waals surface area contributed by atoms with Crippen LogP contribution in [0.2, 0.25) is 5.02 Å². The highest BCUT2D eigenvalue weighted by Crippen LogP contribution is 2.24. The first-order valence-electron chi connectivity index (χ1n) is 4.43. The Morgan fingerprint density at radius 1 is 1.60 bits per heavy atom. The maximum Gasteiger partial charge on any atom is 0.162 e. The minimum atomic E-state index is -0.587. The van der Waals surface area contributed by atoms with Crippen molar-refractivity contribution in [2.45, 2.75) is 19.6 Å². The van der Waals surface area contributed by atoms with Crippen molar-refractivity contribution >= 4 is 22.6 Å². The first-order valence-corrected chi connectivity index (χ1v) is 4.81. The largest absolute Gasteiger partial charge is 0.391 e. The molecule has 0 saturated heterocycles. The smallest absolute Gasteiger partial charge is 0.162 e. The lowest BCUT2D eigenvalue weighted by Gasteiger charge is -2.06. The van der Waals surface area contributed by atoms with Crippen LogP contribution in [0.4, 0.5) is 4.39 Å². The van der Waals surface area contributed by atoms with Crippen molar-refractivity contribution in [2.24, 2.45) is 0 Å². The van der Waals surface area contributed by atoms with Crippen LogP contribution in [0.3, 0.4) is 0 Å². The zero-order valence-corrected chi connectivity index (χ0v) is 8.74. The van der Waals surface area contributed by atoms with Crippen LogP contribution >= 0.6 is 11.6 Å². The second-order valence-corrected chi connectivity index (χ2v) is 3.71. The molecule has 1 N–H and O–H groups in total. The van der Waals surface area contributed by atoms with E-state index in [0.717, 1.165) is 6.20 Å². The summed E-state index contributed by atoms with van der Waals surface area (Å²) in [6.07, 6.45) is 1.97. The number of rotatable bonds is 2. The molecule has 4 nitrogen and oxygen atoms in total. The second-order valence-electron chi connectivity index (χ2n) is 3.33. The number of hydrogen-bond donors (Lipinski definition) is 1. The molecule has 1 atom stereocenters. The molecule has 0 bridgehead atoms. The molecular formula is C9H9ClFN3O. The van der Waals surface area contributed by atoms with Crippen LogP contribution in [0, 0.1) is 5.82 Å². The first-order chi connectivity index (χ1) is 7.09. The molecule has 0 aliphatic rings. The van der Waals surface area contributed by atoms with E-state index in [2.05, 4.69) is 10.1 Å². The van der Waals surface area contributed by atoms with Gasteiger partial charge in [-0.05, 0) is 6.92 Å². The highest BCUT2D eigenvalue weighted by atomic mass is 35.5. The van der Waals surface area contributed by atoms with E-state index in [4.69, 9.17) is 11.6 Å². The van der Waals surface area contributed by atoms with E-state index >= 15 is 0 Å². The van der Waals surface area contributed by atoms with E-state index in [1.807, 2.05) is 0 Å². The molecular weight excluding hydrogens is 221 g/mol. The van der Waals surface area contributed by atoms with Crippen LogP contribution in [0.25, 0.3) is 11.0 Å². The SMILES string of the molecule is CC(O)Cn1ncc2ncc(F)c(Cl)c21. The number of nitrogens with zero attached hydrogens (tertiary/aromatic N) is 3. The number of pyridine rings is 1. The number of hydrogen-bond acceptors (Lipinski definition) is 3. The molecule has 0 spiro atoms. The Morgan fingerprint density at radius 3 is 3.00 bits per heavy atom. The summed E-state index contributed by atoms with van der Waals surface area (Å²) in [7, 11) is 0. The summed E-state index contributed by atoms with van der Waals surface area (Å²) >= 11 is 5.80. The Labute approximate surface area is 90.3 Å². The van der Waals surface area contributed by atoms with Gasteiger partial charge >= 0.3 is 0 Å². The molecule has 0 amide bonds. The lowest BCUT2D eigenvalue weighted by Crippen LogP contribution is -2.13. The Hall–Kier alpha value is -1.20. The molecule has 2 aromatic heterocycles. The van der Waals surface area contributed by atoms with E-state index in [1.54, 1.807) is 6.92 Å². The maximum atomic E-state index is 13.1. The minimum absolute atomic E-state index is 0.0156. The van der Waals surface area contributed by atoms with Gasteiger partial charge in [0.05, 0.1) is 25.0 Å². The Kier molecular flexibility index (Phi) is 2.58. The van der Waals surface area contributed by atoms with Gasteiger partial charge in [0.25, 0.3) is 0 Å². The fourth-order valence-electron chi connectivity index (χ4n) is 1.38. The van der Waals surface area contributed by atoms with Gasteiger partial charge in [-0.15, -0.1) is 0 Å². The lowest BCUT2D eigenvalue weighted by molar-refractivity contribution is 0.170. The first kappa shape index (κ1) is 10.3. The number of aliphatic hydroxyl groups excluding tert-OH is 1. The third-order valence-electron chi connectivity index (χ3n) is 1.99. The molecule has 0 radical (unpaired) electrons. The van der Waals surface area contributed by atoms with Crippen LogP contribution in [0.5, 0.6) is 0 Å². The molecule has 0 aliphatic heterocycles. The van der Waals surface area contributed by atoms with Crippen LogP contribution in [0.15, 0.2) is 12.4 Å². The van der Waals surface area contributed by atoms with Gasteiger partial charge in [0.1, 0.15) is 16.1 Å². The summed E-state index contributed by atoms with van der Waals surface area (Å²) in [5.41, 5.74) is 0.930. The van der Waals surface area contributed by atoms with Crippen molar-refractivity contribution in [1.29, 1.82) is 0 Å². The van der Waals surface area contributed by atoms with Crippen molar-refractivity contribution in [3.63, 3.8) is 0 Å². The Bertz CT molecular complexity index is 497. The van der Waals surface area contributed by atoms with Gasteiger partial charge in [-0.1, -0.05) is 11.6 Å². The van der Waals surface area contributed by atoms with Crippen molar-refractivity contribution in [1.82, 2.24) is 14.8 Å². The molecule has 80 valence electrons. The van der Waals surface area contributed by atoms with Crippen LogP contribution in [-0.4, -0.2) is 26.0 Å². The Balaban J connectivity index is 2.61. The predicted molar refractivity (Wildman–Crippen MR) is 54.2 cm³/mol. The summed E-state index contributed by atoms with van der Waals surface area (Å²) in [5.74, 6) is -0.587. The predicted octanol–water partition coefficient (Wildman–Crippen LogP) is 1.60. The molecule has 0 aromatic carbocycles. The minimum Gasteiger partial charge on any atom is -0.391 e. The Morgan fingerprint density at radius 2 is 2.33 bits per heavy atom. The van der Waals surface area contributed by atoms with Crippen molar-refractivity contribution in [3.8, 4) is 0 Å². The highest BCUT2D eigenvalue weighted by molar-refractivity contribution is 6.35. The van der Waals surface area contributed by atoms with Gasteiger partial charge in [0, 0.05) is 0 Å². The molecule has 2 aromatic rings. The quantitative estimate of drug-likeness (QED) is 0.851. The van der Waals surface area contributed by atoms with E-state index in [9.17, 15) is 9.50 Å². The molecule has 2 heterocycles. The van der Waals surface area contributed by atoms with Gasteiger partial charge in [-0.25, -0.2) is 9.37 Å². The van der Waals surface area contributed by atoms with E-state index in [-0.39, 0.29) is 11.6 Å². The molecule has 1 unspecified atom stereocenters. The summed E-state index contributed by atoms with van der Waals surface area (Å²) in [6.45, 7) is 1.88. The molecule has 2 rings (SSSR count). The topological polar surface area (TPSA) is 50.9 Å². The summed E-state index contributed by atoms with van der Waals surface area (Å²) in [5, 5.41) is 13.2. The van der Waals surface area contributed by atoms with E-state index in [0.29, 0.717) is 11.0 Å². The third kappa shape index (κ3) is 1.80. The third-order valence-corrected chi connectivity index (χ3v) is 2.35. The van der Waals surface area contributed by atoms with Gasteiger partial charge in [0.15, 0.2) is 5.82 Å². The van der Waals surface area contributed by atoms with Crippen molar-refractivity contribution < 1.29 is 9.50 Å². The van der Waals surface area contributed by atoms with E-state index in [1.165, 1.54) is 10.9 Å². The van der Waals surface area contributed by atoms with Crippen LogP contribution in [-0.2, 0) is 6.54 Å². The number of fused-ring (bicyclic) bond motifs is 1. The van der Waals surface area contributed by atoms with Crippen molar-refractivity contribution in [3.05, 3.63) is 23.2 Å². The number of aliphatic hydroxyl groups is 1. The summed E-state index contributed by atoms with van der Waals surface area (Å²) < 4.78 is 14.6. The normalized spacial score (nSPS) is 13.3. The van der Waals surface area contributed by atoms with Gasteiger partial charge in [0.2, 0.25) is 0 Å². The standard InChI is InChI=1S/C9H9ClFN3O/c1-5(15)4-14-9-7(3-13-14)12-2-6(11)8(9)10/h2-3,5,15H,4H2,1H3. The molecule has 0 fully saturated rings. The molecule has 0 aliphatic carbocycles. The number of aromatic nitrogens is 3. The zero-order valence-electron chi connectivity index (χ0n) is 7.98. The van der Waals surface area contributed by atoms with E-state index < -0.39 is 11.9 Å². The molecule has 0 saturated carbocycles. The monoisotopic (exact) mass is 229 g/mol. The van der Waals surface area contributed by atoms with Gasteiger partial charge in [-0.2, -0.15) is 5.10 Å². The zero-order chi connectivity index (χ0) is 11.0. The average Bonchev–Trinajstić information content (AvgIpc) is 2.55. The summed E-state index contributed by atoms with van der Waals surface area (Å²) in [6, 6.07) is 0. The van der Waals surface area contributed by atoms with Crippen LogP contribution < -0.4 is 0 Å². The summed E-state index contributed by atoms with van der Waals surface area (Å²) in [4.78, 5) is 3.85. The maximum absolute atomic E-state index is 13.1. The number of halogens is 2. The van der Waals surface area contributed by atoms with Crippen molar-refractivity contribution in [2.75, 3.05) is 0 Å².